The summed E-state index contributed by atoms with van der Waals surface area (Å²) >= 11 is 0. The van der Waals surface area contributed by atoms with Gasteiger partial charge in [-0.1, -0.05) is 0 Å². The van der Waals surface area contributed by atoms with E-state index in [4.69, 9.17) is 0 Å². The molecule has 86 valence electrons. The van der Waals surface area contributed by atoms with Gasteiger partial charge in [-0.05, 0) is 17.7 Å². The second-order valence-corrected chi connectivity index (χ2v) is 4.18. The highest BCUT2D eigenvalue weighted by atomic mass is 16.2. The van der Waals surface area contributed by atoms with E-state index in [1.165, 1.54) is 0 Å². The first-order valence-electron chi connectivity index (χ1n) is 5.44. The van der Waals surface area contributed by atoms with Gasteiger partial charge in [-0.3, -0.25) is 9.59 Å². The third kappa shape index (κ3) is 1.69. The standard InChI is InChI=1S/C12H11N3O2/c16-9-5-11(17)15(7-9)6-8-1-3-13-12-10(8)2-4-14-12/h1-4H,5-7H2,(H,13,14). The Morgan fingerprint density at radius 3 is 3.00 bits per heavy atom. The van der Waals surface area contributed by atoms with Crippen molar-refractivity contribution in [3.8, 4) is 0 Å². The minimum Gasteiger partial charge on any atom is -0.346 e. The zero-order valence-electron chi connectivity index (χ0n) is 9.14. The smallest absolute Gasteiger partial charge is 0.230 e. The molecule has 1 fully saturated rings. The number of hydrogen-bond donors (Lipinski definition) is 1. The molecule has 0 radical (unpaired) electrons. The molecule has 2 aromatic heterocycles. The molecule has 0 spiro atoms. The maximum absolute atomic E-state index is 11.5. The average Bonchev–Trinajstić information content (AvgIpc) is 2.87. The number of Topliss-reactive ketones (excluding diaryl/α,β-unsaturated/α-hetero) is 1. The minimum atomic E-state index is -0.0875. The van der Waals surface area contributed by atoms with Gasteiger partial charge in [-0.15, -0.1) is 0 Å². The van der Waals surface area contributed by atoms with Crippen molar-refractivity contribution >= 4 is 22.7 Å². The van der Waals surface area contributed by atoms with Gasteiger partial charge in [0.05, 0.1) is 13.0 Å². The summed E-state index contributed by atoms with van der Waals surface area (Å²) in [6.07, 6.45) is 3.57. The van der Waals surface area contributed by atoms with Crippen molar-refractivity contribution in [2.45, 2.75) is 13.0 Å². The first kappa shape index (κ1) is 10.0. The summed E-state index contributed by atoms with van der Waals surface area (Å²) < 4.78 is 0. The third-order valence-electron chi connectivity index (χ3n) is 2.98. The van der Waals surface area contributed by atoms with E-state index in [0.717, 1.165) is 16.6 Å². The van der Waals surface area contributed by atoms with Crippen LogP contribution in [0.25, 0.3) is 11.0 Å². The summed E-state index contributed by atoms with van der Waals surface area (Å²) in [4.78, 5) is 31.5. The van der Waals surface area contributed by atoms with E-state index >= 15 is 0 Å². The number of aromatic amines is 1. The molecule has 0 unspecified atom stereocenters. The number of ketones is 1. The van der Waals surface area contributed by atoms with E-state index in [1.807, 2.05) is 18.3 Å². The molecule has 0 bridgehead atoms. The highest BCUT2D eigenvalue weighted by Crippen LogP contribution is 2.19. The van der Waals surface area contributed by atoms with Crippen LogP contribution in [0.2, 0.25) is 0 Å². The Morgan fingerprint density at radius 2 is 2.24 bits per heavy atom. The maximum atomic E-state index is 11.5. The van der Waals surface area contributed by atoms with Crippen molar-refractivity contribution in [2.75, 3.05) is 6.54 Å². The molecule has 1 aliphatic rings. The fourth-order valence-corrected chi connectivity index (χ4v) is 2.14. The summed E-state index contributed by atoms with van der Waals surface area (Å²) in [5, 5.41) is 1.000. The van der Waals surface area contributed by atoms with Gasteiger partial charge < -0.3 is 9.88 Å². The van der Waals surface area contributed by atoms with Crippen molar-refractivity contribution < 1.29 is 9.59 Å². The Balaban J connectivity index is 1.92. The number of fused-ring (bicyclic) bond motifs is 1. The van der Waals surface area contributed by atoms with Crippen molar-refractivity contribution in [3.05, 3.63) is 30.1 Å². The summed E-state index contributed by atoms with van der Waals surface area (Å²) in [6.45, 7) is 0.703. The lowest BCUT2D eigenvalue weighted by Crippen LogP contribution is -2.24. The minimum absolute atomic E-state index is 0.00521. The number of carbonyl (C=O) groups excluding carboxylic acids is 2. The number of likely N-dealkylation sites (tertiary alicyclic amines) is 1. The monoisotopic (exact) mass is 229 g/mol. The van der Waals surface area contributed by atoms with Crippen LogP contribution in [-0.4, -0.2) is 33.1 Å². The number of carbonyl (C=O) groups is 2. The highest BCUT2D eigenvalue weighted by Gasteiger charge is 2.27. The summed E-state index contributed by atoms with van der Waals surface area (Å²) in [6, 6.07) is 3.81. The van der Waals surface area contributed by atoms with Gasteiger partial charge in [0.25, 0.3) is 0 Å². The van der Waals surface area contributed by atoms with Crippen LogP contribution in [0.3, 0.4) is 0 Å². The summed E-state index contributed by atoms with van der Waals surface area (Å²) in [7, 11) is 0. The van der Waals surface area contributed by atoms with E-state index in [1.54, 1.807) is 11.1 Å². The molecule has 0 aliphatic carbocycles. The molecular formula is C12H11N3O2. The lowest BCUT2D eigenvalue weighted by atomic mass is 10.2. The van der Waals surface area contributed by atoms with Gasteiger partial charge in [-0.2, -0.15) is 0 Å². The van der Waals surface area contributed by atoms with Crippen molar-refractivity contribution in [1.82, 2.24) is 14.9 Å². The summed E-state index contributed by atoms with van der Waals surface area (Å²) in [5.41, 5.74) is 1.82. The van der Waals surface area contributed by atoms with Crippen LogP contribution >= 0.6 is 0 Å². The molecule has 17 heavy (non-hydrogen) atoms. The Morgan fingerprint density at radius 1 is 1.35 bits per heavy atom. The number of aromatic nitrogens is 2. The number of rotatable bonds is 2. The first-order valence-corrected chi connectivity index (χ1v) is 5.44. The molecule has 1 amide bonds. The van der Waals surface area contributed by atoms with Gasteiger partial charge >= 0.3 is 0 Å². The van der Waals surface area contributed by atoms with Gasteiger partial charge in [0.1, 0.15) is 5.65 Å². The molecule has 0 saturated carbocycles. The normalized spacial score (nSPS) is 16.1. The average molecular weight is 229 g/mol. The van der Waals surface area contributed by atoms with Crippen LogP contribution in [0.5, 0.6) is 0 Å². The Kier molecular flexibility index (Phi) is 2.18. The number of amides is 1. The van der Waals surface area contributed by atoms with E-state index in [9.17, 15) is 9.59 Å². The van der Waals surface area contributed by atoms with Crippen LogP contribution in [0, 0.1) is 0 Å². The van der Waals surface area contributed by atoms with Crippen LogP contribution in [0.15, 0.2) is 24.5 Å². The number of nitrogens with zero attached hydrogens (tertiary/aromatic N) is 2. The number of hydrogen-bond acceptors (Lipinski definition) is 3. The maximum Gasteiger partial charge on any atom is 0.230 e. The SMILES string of the molecule is O=C1CC(=O)N(Cc2ccnc3[nH]ccc23)C1. The van der Waals surface area contributed by atoms with E-state index in [2.05, 4.69) is 9.97 Å². The van der Waals surface area contributed by atoms with Crippen molar-refractivity contribution in [1.29, 1.82) is 0 Å². The van der Waals surface area contributed by atoms with Gasteiger partial charge in [-0.25, -0.2) is 4.98 Å². The van der Waals surface area contributed by atoms with Crippen LogP contribution in [0.4, 0.5) is 0 Å². The Hall–Kier alpha value is -2.17. The van der Waals surface area contributed by atoms with Crippen LogP contribution in [-0.2, 0) is 16.1 Å². The van der Waals surface area contributed by atoms with Crippen molar-refractivity contribution in [2.24, 2.45) is 0 Å². The number of H-pyrrole nitrogens is 1. The van der Waals surface area contributed by atoms with Gasteiger partial charge in [0.2, 0.25) is 5.91 Å². The van der Waals surface area contributed by atoms with E-state index in [0.29, 0.717) is 6.54 Å². The molecule has 1 saturated heterocycles. The molecule has 3 rings (SSSR count). The van der Waals surface area contributed by atoms with Crippen molar-refractivity contribution in [3.63, 3.8) is 0 Å². The zero-order chi connectivity index (χ0) is 11.8. The summed E-state index contributed by atoms with van der Waals surface area (Å²) in [5.74, 6) is -0.0927. The predicted molar refractivity (Wildman–Crippen MR) is 61.1 cm³/mol. The van der Waals surface area contributed by atoms with Crippen LogP contribution in [0.1, 0.15) is 12.0 Å². The second kappa shape index (κ2) is 3.69. The second-order valence-electron chi connectivity index (χ2n) is 4.18. The topological polar surface area (TPSA) is 66.1 Å². The lowest BCUT2D eigenvalue weighted by Gasteiger charge is -2.14. The fourth-order valence-electron chi connectivity index (χ4n) is 2.14. The number of nitrogens with one attached hydrogen (secondary N) is 1. The molecule has 3 heterocycles. The Bertz CT molecular complexity index is 603. The van der Waals surface area contributed by atoms with Gasteiger partial charge in [0.15, 0.2) is 5.78 Å². The molecular weight excluding hydrogens is 218 g/mol. The zero-order valence-corrected chi connectivity index (χ0v) is 9.14. The largest absolute Gasteiger partial charge is 0.346 e. The first-order chi connectivity index (χ1) is 8.24. The molecule has 1 N–H and O–H groups in total. The molecule has 5 heteroatoms. The predicted octanol–water partition coefficient (Wildman–Crippen LogP) is 0.864. The molecule has 0 atom stereocenters. The lowest BCUT2D eigenvalue weighted by molar-refractivity contribution is -0.128. The Labute approximate surface area is 97.4 Å². The molecule has 2 aromatic rings. The highest BCUT2D eigenvalue weighted by molar-refractivity contribution is 6.05. The molecule has 1 aliphatic heterocycles. The van der Waals surface area contributed by atoms with E-state index < -0.39 is 0 Å². The fraction of sp³-hybridized carbons (Fsp3) is 0.250. The quantitative estimate of drug-likeness (QED) is 0.777. The third-order valence-corrected chi connectivity index (χ3v) is 2.98. The number of pyridine rings is 1. The van der Waals surface area contributed by atoms with E-state index in [-0.39, 0.29) is 24.7 Å². The van der Waals surface area contributed by atoms with Gasteiger partial charge in [0, 0.05) is 24.3 Å². The van der Waals surface area contributed by atoms with Crippen LogP contribution < -0.4 is 0 Å². The molecule has 5 nitrogen and oxygen atoms in total. The molecule has 0 aromatic carbocycles.